The average Bonchev–Trinajstić information content (AvgIpc) is 2.86. The van der Waals surface area contributed by atoms with Gasteiger partial charge in [-0.25, -0.2) is 0 Å². The third kappa shape index (κ3) is 2.20. The van der Waals surface area contributed by atoms with E-state index in [0.717, 1.165) is 18.5 Å². The van der Waals surface area contributed by atoms with Gasteiger partial charge in [-0.15, -0.1) is 0 Å². The second-order valence-electron chi connectivity index (χ2n) is 4.32. The molecular weight excluding hydrogens is 180 g/mol. The molecular formula is C10H20N2S. The Labute approximate surface area is 85.2 Å². The molecule has 2 fully saturated rings. The highest BCUT2D eigenvalue weighted by molar-refractivity contribution is 7.99. The van der Waals surface area contributed by atoms with Gasteiger partial charge >= 0.3 is 0 Å². The fourth-order valence-electron chi connectivity index (χ4n) is 2.30. The molecule has 2 aliphatic rings. The first kappa shape index (κ1) is 9.81. The lowest BCUT2D eigenvalue weighted by Gasteiger charge is -2.31. The van der Waals surface area contributed by atoms with Crippen LogP contribution in [0, 0.1) is 5.92 Å². The predicted octanol–water partition coefficient (Wildman–Crippen LogP) is 1.16. The van der Waals surface area contributed by atoms with Crippen LogP contribution >= 0.6 is 11.8 Å². The van der Waals surface area contributed by atoms with E-state index < -0.39 is 0 Å². The molecule has 0 bridgehead atoms. The number of nitrogens with two attached hydrogens (primary N) is 1. The molecule has 0 spiro atoms. The van der Waals surface area contributed by atoms with Crippen molar-refractivity contribution in [1.82, 2.24) is 4.90 Å². The van der Waals surface area contributed by atoms with Crippen LogP contribution < -0.4 is 5.73 Å². The van der Waals surface area contributed by atoms with Crippen molar-refractivity contribution in [3.8, 4) is 0 Å². The number of nitrogens with zero attached hydrogens (tertiary/aromatic N) is 1. The first-order valence-electron chi connectivity index (χ1n) is 5.32. The Morgan fingerprint density at radius 1 is 1.46 bits per heavy atom. The fraction of sp³-hybridized carbons (Fsp3) is 1.00. The van der Waals surface area contributed by atoms with Crippen molar-refractivity contribution in [1.29, 1.82) is 0 Å². The van der Waals surface area contributed by atoms with Gasteiger partial charge in [0.25, 0.3) is 0 Å². The molecule has 1 aliphatic heterocycles. The first-order chi connectivity index (χ1) is 6.33. The van der Waals surface area contributed by atoms with Crippen LogP contribution in [0.15, 0.2) is 0 Å². The third-order valence-corrected chi connectivity index (χ3v) is 4.58. The molecule has 1 saturated heterocycles. The van der Waals surface area contributed by atoms with Crippen LogP contribution in [0.3, 0.4) is 0 Å². The van der Waals surface area contributed by atoms with Crippen LogP contribution in [0.4, 0.5) is 0 Å². The van der Waals surface area contributed by atoms with Gasteiger partial charge < -0.3 is 5.73 Å². The monoisotopic (exact) mass is 200 g/mol. The number of likely N-dealkylation sites (N-methyl/N-ethyl adjacent to an activating group) is 1. The Kier molecular flexibility index (Phi) is 3.17. The van der Waals surface area contributed by atoms with E-state index in [4.69, 9.17) is 5.73 Å². The summed E-state index contributed by atoms with van der Waals surface area (Å²) in [5.41, 5.74) is 5.87. The second kappa shape index (κ2) is 4.20. The molecule has 1 heterocycles. The minimum Gasteiger partial charge on any atom is -0.329 e. The molecule has 0 aromatic heterocycles. The van der Waals surface area contributed by atoms with Gasteiger partial charge in [-0.1, -0.05) is 0 Å². The van der Waals surface area contributed by atoms with E-state index in [1.807, 2.05) is 0 Å². The van der Waals surface area contributed by atoms with Crippen LogP contribution in [-0.4, -0.2) is 42.1 Å². The number of hydrogen-bond acceptors (Lipinski definition) is 3. The third-order valence-electron chi connectivity index (χ3n) is 3.40. The van der Waals surface area contributed by atoms with E-state index in [1.54, 1.807) is 0 Å². The molecule has 1 saturated carbocycles. The van der Waals surface area contributed by atoms with Crippen molar-refractivity contribution in [2.75, 3.05) is 25.1 Å². The van der Waals surface area contributed by atoms with E-state index >= 15 is 0 Å². The number of thioether (sulfide) groups is 1. The van der Waals surface area contributed by atoms with Crippen molar-refractivity contribution in [3.63, 3.8) is 0 Å². The summed E-state index contributed by atoms with van der Waals surface area (Å²) in [4.78, 5) is 2.54. The number of hydrogen-bond donors (Lipinski definition) is 1. The van der Waals surface area contributed by atoms with E-state index in [2.05, 4.69) is 23.7 Å². The van der Waals surface area contributed by atoms with Gasteiger partial charge in [0.1, 0.15) is 0 Å². The van der Waals surface area contributed by atoms with Crippen molar-refractivity contribution >= 4 is 11.8 Å². The summed E-state index contributed by atoms with van der Waals surface area (Å²) in [5, 5.41) is 0. The highest BCUT2D eigenvalue weighted by Gasteiger charge is 2.35. The standard InChI is InChI=1S/C10H20N2S/c1-12(9-2-3-9)10(6-11)8-4-5-13-7-8/h8-10H,2-7,11H2,1H3. The summed E-state index contributed by atoms with van der Waals surface area (Å²) < 4.78 is 0. The lowest BCUT2D eigenvalue weighted by atomic mass is 9.98. The summed E-state index contributed by atoms with van der Waals surface area (Å²) in [6.45, 7) is 0.845. The number of rotatable bonds is 4. The van der Waals surface area contributed by atoms with Gasteiger partial charge in [0.15, 0.2) is 0 Å². The summed E-state index contributed by atoms with van der Waals surface area (Å²) in [6.07, 6.45) is 4.17. The fourth-order valence-corrected chi connectivity index (χ4v) is 3.63. The quantitative estimate of drug-likeness (QED) is 0.738. The van der Waals surface area contributed by atoms with Crippen LogP contribution in [0.25, 0.3) is 0 Å². The van der Waals surface area contributed by atoms with Gasteiger partial charge in [-0.3, -0.25) is 4.90 Å². The first-order valence-corrected chi connectivity index (χ1v) is 6.48. The minimum absolute atomic E-state index is 0.655. The summed E-state index contributed by atoms with van der Waals surface area (Å²) in [6, 6.07) is 1.52. The van der Waals surface area contributed by atoms with Crippen LogP contribution in [0.2, 0.25) is 0 Å². The predicted molar refractivity (Wildman–Crippen MR) is 59.1 cm³/mol. The van der Waals surface area contributed by atoms with Crippen molar-refractivity contribution in [2.24, 2.45) is 11.7 Å². The maximum atomic E-state index is 5.87. The molecule has 3 heteroatoms. The largest absolute Gasteiger partial charge is 0.329 e. The van der Waals surface area contributed by atoms with Crippen molar-refractivity contribution < 1.29 is 0 Å². The molecule has 0 radical (unpaired) electrons. The van der Waals surface area contributed by atoms with Gasteiger partial charge in [-0.2, -0.15) is 11.8 Å². The molecule has 2 rings (SSSR count). The van der Waals surface area contributed by atoms with Gasteiger partial charge in [0.2, 0.25) is 0 Å². The minimum atomic E-state index is 0.655. The highest BCUT2D eigenvalue weighted by Crippen LogP contribution is 2.33. The molecule has 76 valence electrons. The maximum absolute atomic E-state index is 5.87. The second-order valence-corrected chi connectivity index (χ2v) is 5.47. The Morgan fingerprint density at radius 3 is 2.69 bits per heavy atom. The van der Waals surface area contributed by atoms with E-state index in [-0.39, 0.29) is 0 Å². The highest BCUT2D eigenvalue weighted by atomic mass is 32.2. The zero-order valence-corrected chi connectivity index (χ0v) is 9.22. The molecule has 0 amide bonds. The molecule has 2 unspecified atom stereocenters. The van der Waals surface area contributed by atoms with E-state index in [0.29, 0.717) is 6.04 Å². The molecule has 0 aromatic rings. The zero-order chi connectivity index (χ0) is 9.26. The Bertz CT molecular complexity index is 162. The zero-order valence-electron chi connectivity index (χ0n) is 8.41. The van der Waals surface area contributed by atoms with Crippen LogP contribution in [0.1, 0.15) is 19.3 Å². The van der Waals surface area contributed by atoms with Gasteiger partial charge in [0, 0.05) is 18.6 Å². The molecule has 2 N–H and O–H groups in total. The van der Waals surface area contributed by atoms with E-state index in [9.17, 15) is 0 Å². The maximum Gasteiger partial charge on any atom is 0.0254 e. The topological polar surface area (TPSA) is 29.3 Å². The Balaban J connectivity index is 1.90. The Hall–Kier alpha value is 0.270. The van der Waals surface area contributed by atoms with Crippen LogP contribution in [0.5, 0.6) is 0 Å². The molecule has 2 atom stereocenters. The van der Waals surface area contributed by atoms with Crippen molar-refractivity contribution in [2.45, 2.75) is 31.3 Å². The molecule has 13 heavy (non-hydrogen) atoms. The SMILES string of the molecule is CN(C1CC1)C(CN)C1CCSC1. The lowest BCUT2D eigenvalue weighted by molar-refractivity contribution is 0.183. The summed E-state index contributed by atoms with van der Waals surface area (Å²) >= 11 is 2.09. The molecule has 1 aliphatic carbocycles. The molecule has 0 aromatic carbocycles. The smallest absolute Gasteiger partial charge is 0.0254 e. The van der Waals surface area contributed by atoms with Gasteiger partial charge in [0.05, 0.1) is 0 Å². The van der Waals surface area contributed by atoms with Gasteiger partial charge in [-0.05, 0) is 43.7 Å². The summed E-state index contributed by atoms with van der Waals surface area (Å²) in [7, 11) is 2.26. The lowest BCUT2D eigenvalue weighted by Crippen LogP contribution is -2.44. The van der Waals surface area contributed by atoms with Crippen LogP contribution in [-0.2, 0) is 0 Å². The van der Waals surface area contributed by atoms with Crippen molar-refractivity contribution in [3.05, 3.63) is 0 Å². The normalized spacial score (nSPS) is 31.2. The Morgan fingerprint density at radius 2 is 2.23 bits per heavy atom. The van der Waals surface area contributed by atoms with E-state index in [1.165, 1.54) is 30.8 Å². The molecule has 2 nitrogen and oxygen atoms in total. The average molecular weight is 200 g/mol. The summed E-state index contributed by atoms with van der Waals surface area (Å²) in [5.74, 6) is 3.54.